The lowest BCUT2D eigenvalue weighted by Gasteiger charge is -2.13. The molecule has 0 amide bonds. The monoisotopic (exact) mass is 251 g/mol. The van der Waals surface area contributed by atoms with Crippen LogP contribution in [0.25, 0.3) is 0 Å². The standard InChI is InChI=1S/C14H25N3O/c1-10(2)6-5-9-16-13-8-7-12(15)14(17-13)18-11(3)4/h7-8,10-11H,5-6,9,15H2,1-4H3,(H,16,17). The number of anilines is 2. The Balaban J connectivity index is 2.51. The molecule has 1 aromatic rings. The maximum atomic E-state index is 5.82. The molecule has 0 aliphatic rings. The number of nitrogens with one attached hydrogen (secondary N) is 1. The molecule has 1 rings (SSSR count). The molecule has 102 valence electrons. The molecule has 0 atom stereocenters. The fourth-order valence-corrected chi connectivity index (χ4v) is 1.59. The molecule has 0 aromatic carbocycles. The molecular formula is C14H25N3O. The molecule has 0 fully saturated rings. The summed E-state index contributed by atoms with van der Waals surface area (Å²) in [5.74, 6) is 2.08. The molecule has 0 bridgehead atoms. The molecule has 18 heavy (non-hydrogen) atoms. The van der Waals surface area contributed by atoms with Gasteiger partial charge in [-0.1, -0.05) is 13.8 Å². The zero-order valence-corrected chi connectivity index (χ0v) is 11.9. The summed E-state index contributed by atoms with van der Waals surface area (Å²) in [4.78, 5) is 4.37. The predicted molar refractivity (Wildman–Crippen MR) is 77.0 cm³/mol. The first-order valence-corrected chi connectivity index (χ1v) is 6.66. The lowest BCUT2D eigenvalue weighted by Crippen LogP contribution is -2.11. The van der Waals surface area contributed by atoms with Gasteiger partial charge in [0.05, 0.1) is 11.8 Å². The van der Waals surface area contributed by atoms with Gasteiger partial charge in [-0.15, -0.1) is 0 Å². The largest absolute Gasteiger partial charge is 0.473 e. The summed E-state index contributed by atoms with van der Waals surface area (Å²) in [5.41, 5.74) is 6.40. The van der Waals surface area contributed by atoms with E-state index in [2.05, 4.69) is 24.1 Å². The molecule has 3 N–H and O–H groups in total. The number of aromatic nitrogens is 1. The summed E-state index contributed by atoms with van der Waals surface area (Å²) in [6, 6.07) is 3.72. The average Bonchev–Trinajstić information content (AvgIpc) is 2.27. The summed E-state index contributed by atoms with van der Waals surface area (Å²) in [6.07, 6.45) is 2.44. The van der Waals surface area contributed by atoms with Crippen LogP contribution in [-0.4, -0.2) is 17.6 Å². The predicted octanol–water partition coefficient (Wildman–Crippen LogP) is 3.30. The van der Waals surface area contributed by atoms with E-state index in [0.29, 0.717) is 11.6 Å². The summed E-state index contributed by atoms with van der Waals surface area (Å²) in [5, 5.41) is 3.29. The first-order chi connectivity index (χ1) is 8.49. The molecule has 0 radical (unpaired) electrons. The number of hydrogen-bond acceptors (Lipinski definition) is 4. The molecule has 1 aromatic heterocycles. The smallest absolute Gasteiger partial charge is 0.239 e. The second kappa shape index (κ2) is 7.09. The van der Waals surface area contributed by atoms with Gasteiger partial charge in [-0.25, -0.2) is 0 Å². The number of pyridine rings is 1. The molecule has 0 spiro atoms. The maximum Gasteiger partial charge on any atom is 0.239 e. The number of nitrogens with zero attached hydrogens (tertiary/aromatic N) is 1. The minimum absolute atomic E-state index is 0.0796. The van der Waals surface area contributed by atoms with Gasteiger partial charge >= 0.3 is 0 Å². The van der Waals surface area contributed by atoms with Crippen molar-refractivity contribution in [2.24, 2.45) is 5.92 Å². The van der Waals surface area contributed by atoms with Gasteiger partial charge in [0.1, 0.15) is 5.82 Å². The van der Waals surface area contributed by atoms with Crippen molar-refractivity contribution in [3.8, 4) is 5.88 Å². The van der Waals surface area contributed by atoms with E-state index in [4.69, 9.17) is 10.5 Å². The van der Waals surface area contributed by atoms with Crippen LogP contribution in [0.4, 0.5) is 11.5 Å². The first kappa shape index (κ1) is 14.6. The number of hydrogen-bond donors (Lipinski definition) is 2. The van der Waals surface area contributed by atoms with Crippen molar-refractivity contribution in [2.45, 2.75) is 46.6 Å². The van der Waals surface area contributed by atoms with E-state index in [1.807, 2.05) is 26.0 Å². The van der Waals surface area contributed by atoms with Crippen molar-refractivity contribution < 1.29 is 4.74 Å². The third kappa shape index (κ3) is 5.25. The number of nitrogen functional groups attached to an aromatic ring is 1. The van der Waals surface area contributed by atoms with E-state index < -0.39 is 0 Å². The van der Waals surface area contributed by atoms with Crippen molar-refractivity contribution in [2.75, 3.05) is 17.6 Å². The molecular weight excluding hydrogens is 226 g/mol. The Bertz CT molecular complexity index is 364. The molecule has 4 heteroatoms. The van der Waals surface area contributed by atoms with Gasteiger partial charge in [-0.2, -0.15) is 4.98 Å². The fraction of sp³-hybridized carbons (Fsp3) is 0.643. The van der Waals surface area contributed by atoms with Crippen molar-refractivity contribution in [1.82, 2.24) is 4.98 Å². The summed E-state index contributed by atoms with van der Waals surface area (Å²) in [6.45, 7) is 9.32. The number of ether oxygens (including phenoxy) is 1. The van der Waals surface area contributed by atoms with Gasteiger partial charge in [-0.05, 0) is 44.7 Å². The van der Waals surface area contributed by atoms with Crippen LogP contribution >= 0.6 is 0 Å². The van der Waals surface area contributed by atoms with E-state index >= 15 is 0 Å². The second-order valence-corrected chi connectivity index (χ2v) is 5.22. The number of rotatable bonds is 7. The van der Waals surface area contributed by atoms with Gasteiger partial charge in [0.2, 0.25) is 5.88 Å². The Hall–Kier alpha value is -1.45. The highest BCUT2D eigenvalue weighted by molar-refractivity contribution is 5.53. The van der Waals surface area contributed by atoms with Crippen molar-refractivity contribution in [3.63, 3.8) is 0 Å². The fourth-order valence-electron chi connectivity index (χ4n) is 1.59. The van der Waals surface area contributed by atoms with Crippen LogP contribution in [0.5, 0.6) is 5.88 Å². The van der Waals surface area contributed by atoms with E-state index in [1.165, 1.54) is 6.42 Å². The van der Waals surface area contributed by atoms with Crippen molar-refractivity contribution >= 4 is 11.5 Å². The summed E-state index contributed by atoms with van der Waals surface area (Å²) in [7, 11) is 0. The third-order valence-corrected chi connectivity index (χ3v) is 2.50. The highest BCUT2D eigenvalue weighted by Gasteiger charge is 2.06. The van der Waals surface area contributed by atoms with Crippen LogP contribution in [0.1, 0.15) is 40.5 Å². The lowest BCUT2D eigenvalue weighted by molar-refractivity contribution is 0.234. The highest BCUT2D eigenvalue weighted by atomic mass is 16.5. The molecule has 0 saturated heterocycles. The van der Waals surface area contributed by atoms with Crippen LogP contribution < -0.4 is 15.8 Å². The van der Waals surface area contributed by atoms with Crippen molar-refractivity contribution in [3.05, 3.63) is 12.1 Å². The second-order valence-electron chi connectivity index (χ2n) is 5.22. The lowest BCUT2D eigenvalue weighted by atomic mass is 10.1. The molecule has 1 heterocycles. The van der Waals surface area contributed by atoms with Gasteiger partial charge in [0.25, 0.3) is 0 Å². The molecule has 0 aliphatic heterocycles. The minimum atomic E-state index is 0.0796. The van der Waals surface area contributed by atoms with Crippen LogP contribution in [0, 0.1) is 5.92 Å². The maximum absolute atomic E-state index is 5.82. The van der Waals surface area contributed by atoms with Crippen LogP contribution in [0.3, 0.4) is 0 Å². The molecule has 4 nitrogen and oxygen atoms in total. The van der Waals surface area contributed by atoms with E-state index in [-0.39, 0.29) is 6.10 Å². The van der Waals surface area contributed by atoms with Gasteiger partial charge in [0.15, 0.2) is 0 Å². The zero-order valence-electron chi connectivity index (χ0n) is 11.9. The van der Waals surface area contributed by atoms with E-state index in [1.54, 1.807) is 0 Å². The Morgan fingerprint density at radius 3 is 2.61 bits per heavy atom. The molecule has 0 aliphatic carbocycles. The van der Waals surface area contributed by atoms with E-state index in [0.717, 1.165) is 24.7 Å². The first-order valence-electron chi connectivity index (χ1n) is 6.66. The Morgan fingerprint density at radius 1 is 1.28 bits per heavy atom. The Labute approximate surface area is 110 Å². The molecule has 0 saturated carbocycles. The normalized spacial score (nSPS) is 11.0. The zero-order chi connectivity index (χ0) is 13.5. The summed E-state index contributed by atoms with van der Waals surface area (Å²) < 4.78 is 5.55. The highest BCUT2D eigenvalue weighted by Crippen LogP contribution is 2.22. The van der Waals surface area contributed by atoms with Gasteiger partial charge < -0.3 is 15.8 Å². The summed E-state index contributed by atoms with van der Waals surface area (Å²) >= 11 is 0. The minimum Gasteiger partial charge on any atom is -0.473 e. The van der Waals surface area contributed by atoms with E-state index in [9.17, 15) is 0 Å². The molecule has 0 unspecified atom stereocenters. The van der Waals surface area contributed by atoms with Crippen LogP contribution in [0.2, 0.25) is 0 Å². The quantitative estimate of drug-likeness (QED) is 0.730. The van der Waals surface area contributed by atoms with Crippen LogP contribution in [0.15, 0.2) is 12.1 Å². The Kier molecular flexibility index (Phi) is 5.75. The number of nitrogens with two attached hydrogens (primary N) is 1. The van der Waals surface area contributed by atoms with Gasteiger partial charge in [0, 0.05) is 6.54 Å². The third-order valence-electron chi connectivity index (χ3n) is 2.50. The topological polar surface area (TPSA) is 60.2 Å². The average molecular weight is 251 g/mol. The van der Waals surface area contributed by atoms with Crippen LogP contribution in [-0.2, 0) is 0 Å². The SMILES string of the molecule is CC(C)CCCNc1ccc(N)c(OC(C)C)n1. The Morgan fingerprint density at radius 2 is 2.00 bits per heavy atom. The van der Waals surface area contributed by atoms with Gasteiger partial charge in [-0.3, -0.25) is 0 Å². The van der Waals surface area contributed by atoms with Crippen molar-refractivity contribution in [1.29, 1.82) is 0 Å².